The number of nitro benzene ring substituents is 1. The van der Waals surface area contributed by atoms with Gasteiger partial charge in [-0.15, -0.1) is 0 Å². The monoisotopic (exact) mass is 284 g/mol. The summed E-state index contributed by atoms with van der Waals surface area (Å²) in [6.45, 7) is 1.11. The molecule has 0 radical (unpaired) electrons. The lowest BCUT2D eigenvalue weighted by Crippen LogP contribution is -2.47. The van der Waals surface area contributed by atoms with E-state index in [0.29, 0.717) is 18.1 Å². The second kappa shape index (κ2) is 6.23. The largest absolute Gasteiger partial charge is 0.380 e. The van der Waals surface area contributed by atoms with Crippen molar-refractivity contribution in [3.63, 3.8) is 0 Å². The quantitative estimate of drug-likeness (QED) is 0.661. The number of hydrogen-bond acceptors (Lipinski definition) is 5. The molecule has 19 heavy (non-hydrogen) atoms. The van der Waals surface area contributed by atoms with Crippen LogP contribution in [0.2, 0.25) is 0 Å². The minimum absolute atomic E-state index is 0.00538. The fraction of sp³-hybridized carbons (Fsp3) is 0.500. The zero-order valence-corrected chi connectivity index (χ0v) is 11.4. The summed E-state index contributed by atoms with van der Waals surface area (Å²) in [5.41, 5.74) is 0.00538. The molecule has 1 aromatic carbocycles. The molecular formula is C12H16N2O4S. The van der Waals surface area contributed by atoms with E-state index in [4.69, 9.17) is 4.74 Å². The first-order chi connectivity index (χ1) is 9.13. The molecule has 3 atom stereocenters. The molecule has 0 amide bonds. The van der Waals surface area contributed by atoms with Crippen molar-refractivity contribution in [1.29, 1.82) is 0 Å². The Morgan fingerprint density at radius 1 is 1.42 bits per heavy atom. The van der Waals surface area contributed by atoms with E-state index < -0.39 is 15.7 Å². The van der Waals surface area contributed by atoms with Crippen LogP contribution in [0.15, 0.2) is 29.2 Å². The molecule has 1 heterocycles. The van der Waals surface area contributed by atoms with E-state index in [1.54, 1.807) is 12.1 Å². The van der Waals surface area contributed by atoms with Gasteiger partial charge in [0, 0.05) is 29.7 Å². The Morgan fingerprint density at radius 2 is 2.11 bits per heavy atom. The SMILES string of the molecule is CNC1CCOCC1S(=O)c1ccc([N+](=O)[O-])cc1. The van der Waals surface area contributed by atoms with E-state index in [-0.39, 0.29) is 17.0 Å². The number of rotatable bonds is 4. The van der Waals surface area contributed by atoms with Gasteiger partial charge in [-0.25, -0.2) is 0 Å². The Labute approximate surface area is 113 Å². The summed E-state index contributed by atoms with van der Waals surface area (Å²) >= 11 is 0. The maximum Gasteiger partial charge on any atom is 0.269 e. The average Bonchev–Trinajstić information content (AvgIpc) is 2.46. The van der Waals surface area contributed by atoms with Crippen LogP contribution in [0.1, 0.15) is 6.42 Å². The Hall–Kier alpha value is -1.31. The predicted molar refractivity (Wildman–Crippen MR) is 71.6 cm³/mol. The first-order valence-corrected chi connectivity index (χ1v) is 7.25. The van der Waals surface area contributed by atoms with Crippen molar-refractivity contribution in [2.24, 2.45) is 0 Å². The van der Waals surface area contributed by atoms with Crippen molar-refractivity contribution in [2.75, 3.05) is 20.3 Å². The van der Waals surface area contributed by atoms with Gasteiger partial charge in [-0.05, 0) is 25.6 Å². The summed E-state index contributed by atoms with van der Waals surface area (Å²) in [7, 11) is 0.612. The maximum absolute atomic E-state index is 12.5. The molecule has 0 aliphatic carbocycles. The van der Waals surface area contributed by atoms with Crippen LogP contribution in [-0.4, -0.2) is 40.7 Å². The Bertz CT molecular complexity index is 477. The molecule has 6 nitrogen and oxygen atoms in total. The smallest absolute Gasteiger partial charge is 0.269 e. The van der Waals surface area contributed by atoms with Crippen LogP contribution >= 0.6 is 0 Å². The van der Waals surface area contributed by atoms with E-state index in [1.165, 1.54) is 12.1 Å². The molecule has 1 N–H and O–H groups in total. The summed E-state index contributed by atoms with van der Waals surface area (Å²) < 4.78 is 17.8. The van der Waals surface area contributed by atoms with Crippen LogP contribution in [0.5, 0.6) is 0 Å². The molecule has 0 spiro atoms. The molecule has 0 saturated carbocycles. The van der Waals surface area contributed by atoms with Crippen LogP contribution in [-0.2, 0) is 15.5 Å². The van der Waals surface area contributed by atoms with E-state index in [2.05, 4.69) is 5.32 Å². The van der Waals surface area contributed by atoms with Gasteiger partial charge in [-0.2, -0.15) is 0 Å². The molecule has 2 rings (SSSR count). The third-order valence-electron chi connectivity index (χ3n) is 3.23. The third-order valence-corrected chi connectivity index (χ3v) is 4.98. The molecule has 3 unspecified atom stereocenters. The van der Waals surface area contributed by atoms with Crippen molar-refractivity contribution in [2.45, 2.75) is 22.6 Å². The molecule has 1 aromatic rings. The summed E-state index contributed by atoms with van der Waals surface area (Å²) in [6, 6.07) is 6.01. The van der Waals surface area contributed by atoms with E-state index >= 15 is 0 Å². The lowest BCUT2D eigenvalue weighted by molar-refractivity contribution is -0.384. The lowest BCUT2D eigenvalue weighted by Gasteiger charge is -2.30. The third kappa shape index (κ3) is 3.17. The molecule has 0 aromatic heterocycles. The van der Waals surface area contributed by atoms with Gasteiger partial charge in [0.25, 0.3) is 5.69 Å². The van der Waals surface area contributed by atoms with Crippen molar-refractivity contribution >= 4 is 16.5 Å². The van der Waals surface area contributed by atoms with Crippen LogP contribution in [0.3, 0.4) is 0 Å². The second-order valence-corrected chi connectivity index (χ2v) is 6.02. The van der Waals surface area contributed by atoms with Gasteiger partial charge in [-0.1, -0.05) is 0 Å². The van der Waals surface area contributed by atoms with Crippen molar-refractivity contribution in [1.82, 2.24) is 5.32 Å². The van der Waals surface area contributed by atoms with Gasteiger partial charge in [0.1, 0.15) is 0 Å². The highest BCUT2D eigenvalue weighted by atomic mass is 32.2. The average molecular weight is 284 g/mol. The number of non-ortho nitro benzene ring substituents is 1. The van der Waals surface area contributed by atoms with Gasteiger partial charge >= 0.3 is 0 Å². The molecular weight excluding hydrogens is 268 g/mol. The van der Waals surface area contributed by atoms with Crippen LogP contribution in [0.4, 0.5) is 5.69 Å². The summed E-state index contributed by atoms with van der Waals surface area (Å²) in [5.74, 6) is 0. The zero-order chi connectivity index (χ0) is 13.8. The van der Waals surface area contributed by atoms with Crippen LogP contribution in [0, 0.1) is 10.1 Å². The van der Waals surface area contributed by atoms with Crippen molar-refractivity contribution < 1.29 is 13.9 Å². The topological polar surface area (TPSA) is 81.5 Å². The fourth-order valence-electron chi connectivity index (χ4n) is 2.13. The highest BCUT2D eigenvalue weighted by molar-refractivity contribution is 7.85. The van der Waals surface area contributed by atoms with E-state index in [1.807, 2.05) is 7.05 Å². The van der Waals surface area contributed by atoms with Crippen molar-refractivity contribution in [3.05, 3.63) is 34.4 Å². The summed E-state index contributed by atoms with van der Waals surface area (Å²) in [5, 5.41) is 13.6. The highest BCUT2D eigenvalue weighted by Gasteiger charge is 2.30. The number of nitrogens with zero attached hydrogens (tertiary/aromatic N) is 1. The van der Waals surface area contributed by atoms with Crippen LogP contribution < -0.4 is 5.32 Å². The number of benzene rings is 1. The molecule has 1 fully saturated rings. The number of nitrogens with one attached hydrogen (secondary N) is 1. The van der Waals surface area contributed by atoms with Gasteiger partial charge in [0.15, 0.2) is 0 Å². The molecule has 7 heteroatoms. The number of nitro groups is 1. The van der Waals surface area contributed by atoms with Gasteiger partial charge < -0.3 is 10.1 Å². The molecule has 1 aliphatic rings. The summed E-state index contributed by atoms with van der Waals surface area (Å²) in [4.78, 5) is 10.7. The number of ether oxygens (including phenoxy) is 1. The molecule has 1 saturated heterocycles. The van der Waals surface area contributed by atoms with E-state index in [0.717, 1.165) is 6.42 Å². The fourth-order valence-corrected chi connectivity index (χ4v) is 3.67. The zero-order valence-electron chi connectivity index (χ0n) is 10.6. The normalized spacial score (nSPS) is 24.9. The maximum atomic E-state index is 12.5. The molecule has 1 aliphatic heterocycles. The first-order valence-electron chi connectivity index (χ1n) is 6.03. The summed E-state index contributed by atoms with van der Waals surface area (Å²) in [6.07, 6.45) is 0.819. The standard InChI is InChI=1S/C12H16N2O4S/c1-13-11-6-7-18-8-12(11)19(17)10-4-2-9(3-5-10)14(15)16/h2-5,11-13H,6-8H2,1H3. The Morgan fingerprint density at radius 3 is 2.68 bits per heavy atom. The molecule has 104 valence electrons. The minimum Gasteiger partial charge on any atom is -0.380 e. The first kappa shape index (κ1) is 14.1. The van der Waals surface area contributed by atoms with Gasteiger partial charge in [0.05, 0.1) is 27.6 Å². The Kier molecular flexibility index (Phi) is 4.62. The van der Waals surface area contributed by atoms with Crippen LogP contribution in [0.25, 0.3) is 0 Å². The Balaban J connectivity index is 2.16. The van der Waals surface area contributed by atoms with Crippen molar-refractivity contribution in [3.8, 4) is 0 Å². The van der Waals surface area contributed by atoms with Gasteiger partial charge in [-0.3, -0.25) is 14.3 Å². The van der Waals surface area contributed by atoms with E-state index in [9.17, 15) is 14.3 Å². The highest BCUT2D eigenvalue weighted by Crippen LogP contribution is 2.21. The predicted octanol–water partition coefficient (Wildman–Crippen LogP) is 1.08. The van der Waals surface area contributed by atoms with Gasteiger partial charge in [0.2, 0.25) is 0 Å². The second-order valence-electron chi connectivity index (χ2n) is 4.35. The molecule has 0 bridgehead atoms. The number of hydrogen-bond donors (Lipinski definition) is 1. The lowest BCUT2D eigenvalue weighted by atomic mass is 10.1. The minimum atomic E-state index is -1.23.